The summed E-state index contributed by atoms with van der Waals surface area (Å²) in [5, 5.41) is 6.47. The highest BCUT2D eigenvalue weighted by atomic mass is 15.1. The minimum absolute atomic E-state index is 0.765. The monoisotopic (exact) mass is 250 g/mol. The smallest absolute Gasteiger partial charge is 0.133 e. The largest absolute Gasteiger partial charge is 0.373 e. The number of anilines is 2. The van der Waals surface area contributed by atoms with Gasteiger partial charge in [0.25, 0.3) is 0 Å². The van der Waals surface area contributed by atoms with Gasteiger partial charge in [-0.1, -0.05) is 20.8 Å². The Kier molecular flexibility index (Phi) is 6.47. The molecule has 1 aromatic heterocycles. The van der Waals surface area contributed by atoms with Gasteiger partial charge in [-0.25, -0.2) is 9.97 Å². The van der Waals surface area contributed by atoms with Crippen LogP contribution >= 0.6 is 0 Å². The predicted octanol–water partition coefficient (Wildman–Crippen LogP) is 3.32. The Morgan fingerprint density at radius 1 is 1.22 bits per heavy atom. The number of nitrogens with one attached hydrogen (secondary N) is 2. The van der Waals surface area contributed by atoms with Crippen LogP contribution in [0.1, 0.15) is 45.9 Å². The van der Waals surface area contributed by atoms with Crippen molar-refractivity contribution in [1.29, 1.82) is 0 Å². The number of rotatable bonds is 8. The third-order valence-electron chi connectivity index (χ3n) is 2.77. The molecule has 0 aromatic carbocycles. The van der Waals surface area contributed by atoms with E-state index in [9.17, 15) is 0 Å². The molecule has 0 saturated carbocycles. The van der Waals surface area contributed by atoms with Crippen molar-refractivity contribution in [3.8, 4) is 0 Å². The summed E-state index contributed by atoms with van der Waals surface area (Å²) in [6.07, 6.45) is 4.43. The standard InChI is InChI=1S/C14H26N4/c1-5-7-12-17-13(15-4)10-14(18-12)16-9-6-8-11(2)3/h10-11H,5-9H2,1-4H3,(H2,15,16,17,18). The van der Waals surface area contributed by atoms with Crippen molar-refractivity contribution in [3.05, 3.63) is 11.9 Å². The van der Waals surface area contributed by atoms with Crippen LogP contribution in [0, 0.1) is 5.92 Å². The van der Waals surface area contributed by atoms with E-state index in [2.05, 4.69) is 41.4 Å². The molecule has 4 nitrogen and oxygen atoms in total. The SMILES string of the molecule is CCCc1nc(NC)cc(NCCCC(C)C)n1. The summed E-state index contributed by atoms with van der Waals surface area (Å²) in [6.45, 7) is 7.63. The van der Waals surface area contributed by atoms with Gasteiger partial charge in [-0.2, -0.15) is 0 Å². The van der Waals surface area contributed by atoms with Gasteiger partial charge in [-0.3, -0.25) is 0 Å². The van der Waals surface area contributed by atoms with Crippen molar-refractivity contribution in [2.45, 2.75) is 46.5 Å². The van der Waals surface area contributed by atoms with E-state index in [0.29, 0.717) is 0 Å². The first kappa shape index (κ1) is 14.7. The van der Waals surface area contributed by atoms with E-state index in [1.54, 1.807) is 0 Å². The lowest BCUT2D eigenvalue weighted by molar-refractivity contribution is 0.566. The predicted molar refractivity (Wildman–Crippen MR) is 78.1 cm³/mol. The fourth-order valence-corrected chi connectivity index (χ4v) is 1.78. The molecule has 0 atom stereocenters. The van der Waals surface area contributed by atoms with Crippen LogP contribution in [0.2, 0.25) is 0 Å². The maximum Gasteiger partial charge on any atom is 0.133 e. The number of aryl methyl sites for hydroxylation is 1. The Balaban J connectivity index is 2.55. The Bertz CT molecular complexity index is 350. The van der Waals surface area contributed by atoms with Gasteiger partial charge in [-0.15, -0.1) is 0 Å². The summed E-state index contributed by atoms with van der Waals surface area (Å²) in [7, 11) is 1.89. The number of aromatic nitrogens is 2. The number of hydrogen-bond donors (Lipinski definition) is 2. The summed E-state index contributed by atoms with van der Waals surface area (Å²) in [5.74, 6) is 3.50. The molecule has 0 spiro atoms. The average molecular weight is 250 g/mol. The molecule has 0 bridgehead atoms. The van der Waals surface area contributed by atoms with Crippen LogP contribution in [0.3, 0.4) is 0 Å². The molecule has 2 N–H and O–H groups in total. The van der Waals surface area contributed by atoms with Gasteiger partial charge in [0.2, 0.25) is 0 Å². The molecule has 1 heterocycles. The molecule has 0 unspecified atom stereocenters. The van der Waals surface area contributed by atoms with Crippen LogP contribution in [0.25, 0.3) is 0 Å². The van der Waals surface area contributed by atoms with E-state index in [1.165, 1.54) is 12.8 Å². The van der Waals surface area contributed by atoms with E-state index in [1.807, 2.05) is 13.1 Å². The number of hydrogen-bond acceptors (Lipinski definition) is 4. The number of nitrogens with zero attached hydrogens (tertiary/aromatic N) is 2. The second kappa shape index (κ2) is 7.90. The first-order valence-corrected chi connectivity index (χ1v) is 6.95. The topological polar surface area (TPSA) is 49.8 Å². The molecule has 0 radical (unpaired) electrons. The summed E-state index contributed by atoms with van der Waals surface area (Å²) >= 11 is 0. The van der Waals surface area contributed by atoms with Crippen molar-refractivity contribution in [3.63, 3.8) is 0 Å². The van der Waals surface area contributed by atoms with Gasteiger partial charge < -0.3 is 10.6 Å². The van der Waals surface area contributed by atoms with Gasteiger partial charge in [-0.05, 0) is 25.2 Å². The third-order valence-corrected chi connectivity index (χ3v) is 2.77. The molecule has 0 aliphatic carbocycles. The summed E-state index contributed by atoms with van der Waals surface area (Å²) in [5.41, 5.74) is 0. The Labute approximate surface area is 111 Å². The van der Waals surface area contributed by atoms with Gasteiger partial charge in [0.15, 0.2) is 0 Å². The van der Waals surface area contributed by atoms with E-state index in [4.69, 9.17) is 0 Å². The van der Waals surface area contributed by atoms with Crippen LogP contribution < -0.4 is 10.6 Å². The molecule has 0 fully saturated rings. The first-order valence-electron chi connectivity index (χ1n) is 6.95. The van der Waals surface area contributed by atoms with Crippen molar-refractivity contribution >= 4 is 11.6 Å². The fraction of sp³-hybridized carbons (Fsp3) is 0.714. The molecule has 0 amide bonds. The lowest BCUT2D eigenvalue weighted by atomic mass is 10.1. The van der Waals surface area contributed by atoms with E-state index < -0.39 is 0 Å². The van der Waals surface area contributed by atoms with Crippen LogP contribution in [-0.2, 0) is 6.42 Å². The molecule has 102 valence electrons. The first-order chi connectivity index (χ1) is 8.65. The zero-order valence-electron chi connectivity index (χ0n) is 12.1. The summed E-state index contributed by atoms with van der Waals surface area (Å²) < 4.78 is 0. The van der Waals surface area contributed by atoms with Crippen LogP contribution in [-0.4, -0.2) is 23.6 Å². The van der Waals surface area contributed by atoms with Crippen LogP contribution in [0.4, 0.5) is 11.6 Å². The average Bonchev–Trinajstić information content (AvgIpc) is 2.34. The van der Waals surface area contributed by atoms with Crippen LogP contribution in [0.5, 0.6) is 0 Å². The third kappa shape index (κ3) is 5.34. The molecule has 0 aliphatic heterocycles. The van der Waals surface area contributed by atoms with Gasteiger partial charge in [0, 0.05) is 26.1 Å². The molecule has 18 heavy (non-hydrogen) atoms. The Morgan fingerprint density at radius 3 is 2.56 bits per heavy atom. The molecular formula is C14H26N4. The van der Waals surface area contributed by atoms with Crippen molar-refractivity contribution in [2.24, 2.45) is 5.92 Å². The summed E-state index contributed by atoms with van der Waals surface area (Å²) in [6, 6.07) is 1.97. The molecule has 4 heteroatoms. The molecule has 0 saturated heterocycles. The molecule has 0 aliphatic rings. The highest BCUT2D eigenvalue weighted by Crippen LogP contribution is 2.12. The normalized spacial score (nSPS) is 10.7. The lowest BCUT2D eigenvalue weighted by Gasteiger charge is -2.10. The fourth-order valence-electron chi connectivity index (χ4n) is 1.78. The minimum atomic E-state index is 0.765. The van der Waals surface area contributed by atoms with Crippen molar-refractivity contribution in [1.82, 2.24) is 9.97 Å². The zero-order chi connectivity index (χ0) is 13.4. The zero-order valence-corrected chi connectivity index (χ0v) is 12.1. The second-order valence-corrected chi connectivity index (χ2v) is 5.02. The van der Waals surface area contributed by atoms with Crippen molar-refractivity contribution < 1.29 is 0 Å². The maximum absolute atomic E-state index is 4.53. The molecule has 1 rings (SSSR count). The Hall–Kier alpha value is -1.32. The highest BCUT2D eigenvalue weighted by Gasteiger charge is 2.03. The van der Waals surface area contributed by atoms with Gasteiger partial charge in [0.05, 0.1) is 0 Å². The second-order valence-electron chi connectivity index (χ2n) is 5.02. The van der Waals surface area contributed by atoms with E-state index in [0.717, 1.165) is 42.8 Å². The van der Waals surface area contributed by atoms with Crippen LogP contribution in [0.15, 0.2) is 6.07 Å². The minimum Gasteiger partial charge on any atom is -0.373 e. The maximum atomic E-state index is 4.53. The quantitative estimate of drug-likeness (QED) is 0.695. The highest BCUT2D eigenvalue weighted by molar-refractivity contribution is 5.47. The van der Waals surface area contributed by atoms with Gasteiger partial charge >= 0.3 is 0 Å². The van der Waals surface area contributed by atoms with E-state index >= 15 is 0 Å². The lowest BCUT2D eigenvalue weighted by Crippen LogP contribution is -2.08. The van der Waals surface area contributed by atoms with Crippen molar-refractivity contribution in [2.75, 3.05) is 24.2 Å². The summed E-state index contributed by atoms with van der Waals surface area (Å²) in [4.78, 5) is 8.96. The molecular weight excluding hydrogens is 224 g/mol. The van der Waals surface area contributed by atoms with E-state index in [-0.39, 0.29) is 0 Å². The Morgan fingerprint density at radius 2 is 1.94 bits per heavy atom. The molecule has 1 aromatic rings. The van der Waals surface area contributed by atoms with Gasteiger partial charge in [0.1, 0.15) is 17.5 Å².